The largest absolute Gasteiger partial charge is 0.507 e. The molecule has 0 spiro atoms. The zero-order chi connectivity index (χ0) is 19.5. The van der Waals surface area contributed by atoms with Gasteiger partial charge in [0.2, 0.25) is 0 Å². The first-order valence-corrected chi connectivity index (χ1v) is 7.81. The third-order valence-corrected chi connectivity index (χ3v) is 3.29. The first-order valence-electron chi connectivity index (χ1n) is 7.81. The molecule has 0 bridgehead atoms. The van der Waals surface area contributed by atoms with E-state index in [1.165, 1.54) is 6.07 Å². The Bertz CT molecular complexity index is 870. The quantitative estimate of drug-likeness (QED) is 0.490. The Kier molecular flexibility index (Phi) is 5.35. The maximum Gasteiger partial charge on any atom is 0.342 e. The summed E-state index contributed by atoms with van der Waals surface area (Å²) in [5, 5.41) is 25.4. The summed E-state index contributed by atoms with van der Waals surface area (Å²) in [5.41, 5.74) is -0.816. The first kappa shape index (κ1) is 19.0. The summed E-state index contributed by atoms with van der Waals surface area (Å²) in [6.45, 7) is 4.51. The molecule has 0 aliphatic rings. The zero-order valence-corrected chi connectivity index (χ0v) is 14.6. The number of urea groups is 1. The topological polar surface area (TPSA) is 125 Å². The molecule has 2 aromatic carbocycles. The highest BCUT2D eigenvalue weighted by atomic mass is 16.5. The number of rotatable bonds is 3. The van der Waals surface area contributed by atoms with Crippen molar-refractivity contribution in [2.45, 2.75) is 26.3 Å². The van der Waals surface area contributed by atoms with E-state index in [4.69, 9.17) is 4.74 Å². The van der Waals surface area contributed by atoms with Crippen molar-refractivity contribution >= 4 is 28.7 Å². The van der Waals surface area contributed by atoms with E-state index in [2.05, 4.69) is 5.32 Å². The molecule has 0 heterocycles. The van der Waals surface area contributed by atoms with Gasteiger partial charge in [0.25, 0.3) is 5.91 Å². The van der Waals surface area contributed by atoms with Gasteiger partial charge in [-0.1, -0.05) is 24.3 Å². The lowest BCUT2D eigenvalue weighted by molar-refractivity contribution is -0.123. The van der Waals surface area contributed by atoms with Crippen LogP contribution in [0.2, 0.25) is 0 Å². The summed E-state index contributed by atoms with van der Waals surface area (Å²) >= 11 is 0. The van der Waals surface area contributed by atoms with E-state index in [0.717, 1.165) is 6.07 Å². The van der Waals surface area contributed by atoms with Crippen molar-refractivity contribution in [2.75, 3.05) is 6.61 Å². The standard InChI is InChI=1S/C18H20N2O6/c1-18(2,3)20-17(25)19-14(22)9-26-16(24)12-8-13(21)10-6-4-5-7-11(10)15(12)23/h4-8,21,23H,9H2,1-3H3,(H2,19,20,22,25). The second kappa shape index (κ2) is 7.30. The molecule has 0 atom stereocenters. The van der Waals surface area contributed by atoms with Crippen LogP contribution >= 0.6 is 0 Å². The van der Waals surface area contributed by atoms with Crippen LogP contribution in [-0.4, -0.2) is 40.3 Å². The van der Waals surface area contributed by atoms with Gasteiger partial charge in [-0.2, -0.15) is 0 Å². The maximum atomic E-state index is 12.1. The van der Waals surface area contributed by atoms with Crippen LogP contribution in [0.4, 0.5) is 4.79 Å². The Morgan fingerprint density at radius 1 is 1.08 bits per heavy atom. The number of esters is 1. The number of fused-ring (bicyclic) bond motifs is 1. The van der Waals surface area contributed by atoms with Gasteiger partial charge in [-0.3, -0.25) is 10.1 Å². The molecule has 26 heavy (non-hydrogen) atoms. The van der Waals surface area contributed by atoms with Gasteiger partial charge in [0.05, 0.1) is 0 Å². The van der Waals surface area contributed by atoms with Crippen molar-refractivity contribution in [1.82, 2.24) is 10.6 Å². The number of carbonyl (C=O) groups excluding carboxylic acids is 3. The highest BCUT2D eigenvalue weighted by molar-refractivity contribution is 6.04. The monoisotopic (exact) mass is 360 g/mol. The molecule has 0 saturated heterocycles. The molecule has 0 aromatic heterocycles. The van der Waals surface area contributed by atoms with Gasteiger partial charge in [0.1, 0.15) is 17.1 Å². The van der Waals surface area contributed by atoms with E-state index in [1.54, 1.807) is 39.0 Å². The fraction of sp³-hybridized carbons (Fsp3) is 0.278. The van der Waals surface area contributed by atoms with Crippen LogP contribution in [-0.2, 0) is 9.53 Å². The Hall–Kier alpha value is -3.29. The summed E-state index contributed by atoms with van der Waals surface area (Å²) in [5.74, 6) is -2.41. The van der Waals surface area contributed by atoms with E-state index in [1.807, 2.05) is 5.32 Å². The number of amides is 3. The number of aromatic hydroxyl groups is 2. The summed E-state index contributed by atoms with van der Waals surface area (Å²) in [6, 6.07) is 6.77. The number of ether oxygens (including phenoxy) is 1. The molecule has 8 heteroatoms. The lowest BCUT2D eigenvalue weighted by Gasteiger charge is -2.20. The molecule has 0 saturated carbocycles. The van der Waals surface area contributed by atoms with Gasteiger partial charge < -0.3 is 20.3 Å². The second-order valence-corrected chi connectivity index (χ2v) is 6.67. The molecule has 0 unspecified atom stereocenters. The summed E-state index contributed by atoms with van der Waals surface area (Å²) in [7, 11) is 0. The number of phenols is 2. The summed E-state index contributed by atoms with van der Waals surface area (Å²) in [6.07, 6.45) is 0. The number of hydrogen-bond donors (Lipinski definition) is 4. The molecular weight excluding hydrogens is 340 g/mol. The SMILES string of the molecule is CC(C)(C)NC(=O)NC(=O)COC(=O)c1cc(O)c2ccccc2c1O. The van der Waals surface area contributed by atoms with Crippen molar-refractivity contribution in [3.8, 4) is 11.5 Å². The van der Waals surface area contributed by atoms with Crippen molar-refractivity contribution < 1.29 is 29.3 Å². The Morgan fingerprint density at radius 2 is 1.69 bits per heavy atom. The normalized spacial score (nSPS) is 11.0. The Balaban J connectivity index is 2.04. The van der Waals surface area contributed by atoms with Crippen LogP contribution in [0.1, 0.15) is 31.1 Å². The molecule has 2 rings (SSSR count). The third-order valence-electron chi connectivity index (χ3n) is 3.29. The van der Waals surface area contributed by atoms with E-state index in [0.29, 0.717) is 5.39 Å². The molecule has 138 valence electrons. The van der Waals surface area contributed by atoms with E-state index >= 15 is 0 Å². The van der Waals surface area contributed by atoms with Gasteiger partial charge in [-0.25, -0.2) is 9.59 Å². The highest BCUT2D eigenvalue weighted by Gasteiger charge is 2.20. The molecule has 0 aliphatic carbocycles. The average Bonchev–Trinajstić information content (AvgIpc) is 2.54. The number of hydrogen-bond acceptors (Lipinski definition) is 6. The van der Waals surface area contributed by atoms with Crippen LogP contribution < -0.4 is 10.6 Å². The fourth-order valence-corrected chi connectivity index (χ4v) is 2.24. The highest BCUT2D eigenvalue weighted by Crippen LogP contribution is 2.35. The van der Waals surface area contributed by atoms with E-state index < -0.39 is 30.1 Å². The Morgan fingerprint density at radius 3 is 2.31 bits per heavy atom. The molecule has 8 nitrogen and oxygen atoms in total. The first-order chi connectivity index (χ1) is 12.1. The predicted molar refractivity (Wildman–Crippen MR) is 94.0 cm³/mol. The number of phenolic OH excluding ortho intramolecular Hbond substituents is 2. The molecule has 4 N–H and O–H groups in total. The van der Waals surface area contributed by atoms with Gasteiger partial charge in [-0.05, 0) is 26.8 Å². The average molecular weight is 360 g/mol. The summed E-state index contributed by atoms with van der Waals surface area (Å²) < 4.78 is 4.80. The number of carbonyl (C=O) groups is 3. The van der Waals surface area contributed by atoms with E-state index in [-0.39, 0.29) is 22.4 Å². The smallest absolute Gasteiger partial charge is 0.342 e. The van der Waals surface area contributed by atoms with Crippen LogP contribution in [0.15, 0.2) is 30.3 Å². The Labute approximate surface area is 149 Å². The van der Waals surface area contributed by atoms with Crippen LogP contribution in [0.25, 0.3) is 10.8 Å². The summed E-state index contributed by atoms with van der Waals surface area (Å²) in [4.78, 5) is 35.4. The van der Waals surface area contributed by atoms with Gasteiger partial charge >= 0.3 is 12.0 Å². The lowest BCUT2D eigenvalue weighted by atomic mass is 10.0. The van der Waals surface area contributed by atoms with Crippen LogP contribution in [0.5, 0.6) is 11.5 Å². The van der Waals surface area contributed by atoms with Crippen molar-refractivity contribution in [3.63, 3.8) is 0 Å². The predicted octanol–water partition coefficient (Wildman–Crippen LogP) is 2.03. The minimum atomic E-state index is -1.00. The van der Waals surface area contributed by atoms with E-state index in [9.17, 15) is 24.6 Å². The minimum Gasteiger partial charge on any atom is -0.507 e. The third kappa shape index (κ3) is 4.62. The molecule has 3 amide bonds. The molecule has 0 fully saturated rings. The van der Waals surface area contributed by atoms with Crippen molar-refractivity contribution in [1.29, 1.82) is 0 Å². The molecule has 0 radical (unpaired) electrons. The number of benzene rings is 2. The fourth-order valence-electron chi connectivity index (χ4n) is 2.24. The van der Waals surface area contributed by atoms with Gasteiger partial charge in [-0.15, -0.1) is 0 Å². The lowest BCUT2D eigenvalue weighted by Crippen LogP contribution is -2.49. The van der Waals surface area contributed by atoms with Gasteiger partial charge in [0, 0.05) is 16.3 Å². The van der Waals surface area contributed by atoms with Crippen LogP contribution in [0.3, 0.4) is 0 Å². The molecule has 2 aromatic rings. The van der Waals surface area contributed by atoms with Crippen molar-refractivity contribution in [3.05, 3.63) is 35.9 Å². The molecular formula is C18H20N2O6. The number of nitrogens with one attached hydrogen (secondary N) is 2. The van der Waals surface area contributed by atoms with Crippen LogP contribution in [0, 0.1) is 0 Å². The van der Waals surface area contributed by atoms with Crippen molar-refractivity contribution in [2.24, 2.45) is 0 Å². The maximum absolute atomic E-state index is 12.1. The minimum absolute atomic E-state index is 0.209. The number of imide groups is 1. The zero-order valence-electron chi connectivity index (χ0n) is 14.6. The molecule has 0 aliphatic heterocycles. The van der Waals surface area contributed by atoms with Gasteiger partial charge in [0.15, 0.2) is 6.61 Å². The second-order valence-electron chi connectivity index (χ2n) is 6.67.